The smallest absolute Gasteiger partial charge is 0.239 e. The van der Waals surface area contributed by atoms with Gasteiger partial charge in [-0.2, -0.15) is 0 Å². The van der Waals surface area contributed by atoms with Crippen LogP contribution in [0.2, 0.25) is 0 Å². The molecule has 100 valence electrons. The Morgan fingerprint density at radius 2 is 2.11 bits per heavy atom. The lowest BCUT2D eigenvalue weighted by Gasteiger charge is -2.30. The van der Waals surface area contributed by atoms with Gasteiger partial charge in [0.05, 0.1) is 12.1 Å². The Hall–Kier alpha value is -1.55. The van der Waals surface area contributed by atoms with Gasteiger partial charge in [0.2, 0.25) is 5.91 Å². The molecule has 1 amide bonds. The van der Waals surface area contributed by atoms with Gasteiger partial charge < -0.3 is 15.7 Å². The minimum Gasteiger partial charge on any atom is -0.508 e. The van der Waals surface area contributed by atoms with E-state index in [1.165, 1.54) is 0 Å². The zero-order chi connectivity index (χ0) is 13.7. The van der Waals surface area contributed by atoms with Crippen molar-refractivity contribution < 1.29 is 9.90 Å². The number of nitrogens with two attached hydrogens (primary N) is 1. The fourth-order valence-corrected chi connectivity index (χ4v) is 1.97. The molecule has 0 saturated heterocycles. The van der Waals surface area contributed by atoms with Crippen LogP contribution in [0.1, 0.15) is 38.8 Å². The molecule has 0 aliphatic heterocycles. The molecule has 3 N–H and O–H groups in total. The van der Waals surface area contributed by atoms with Gasteiger partial charge in [-0.05, 0) is 38.0 Å². The second kappa shape index (κ2) is 6.40. The summed E-state index contributed by atoms with van der Waals surface area (Å²) in [5, 5.41) is 9.48. The van der Waals surface area contributed by atoms with Crippen LogP contribution in [0.3, 0.4) is 0 Å². The third-order valence-electron chi connectivity index (χ3n) is 3.20. The van der Waals surface area contributed by atoms with Crippen molar-refractivity contribution in [3.05, 3.63) is 29.8 Å². The number of hydrogen-bond acceptors (Lipinski definition) is 3. The highest BCUT2D eigenvalue weighted by molar-refractivity contribution is 5.82. The minimum atomic E-state index is -0.454. The number of carbonyl (C=O) groups excluding carboxylic acids is 1. The Labute approximate surface area is 108 Å². The fourth-order valence-electron chi connectivity index (χ4n) is 1.97. The lowest BCUT2D eigenvalue weighted by molar-refractivity contribution is -0.134. The van der Waals surface area contributed by atoms with E-state index in [0.717, 1.165) is 5.56 Å². The van der Waals surface area contributed by atoms with Crippen molar-refractivity contribution in [1.29, 1.82) is 0 Å². The molecule has 0 aliphatic carbocycles. The van der Waals surface area contributed by atoms with Crippen molar-refractivity contribution in [1.82, 2.24) is 4.90 Å². The molecule has 1 aromatic carbocycles. The molecule has 0 saturated carbocycles. The summed E-state index contributed by atoms with van der Waals surface area (Å²) in [6, 6.07) is 6.43. The van der Waals surface area contributed by atoms with E-state index >= 15 is 0 Å². The Morgan fingerprint density at radius 3 is 2.61 bits per heavy atom. The predicted octanol–water partition coefficient (Wildman–Crippen LogP) is 2.04. The molecule has 0 bridgehead atoms. The van der Waals surface area contributed by atoms with Crippen molar-refractivity contribution in [3.8, 4) is 5.75 Å². The molecule has 1 rings (SSSR count). The zero-order valence-electron chi connectivity index (χ0n) is 11.3. The van der Waals surface area contributed by atoms with Crippen LogP contribution in [0, 0.1) is 0 Å². The summed E-state index contributed by atoms with van der Waals surface area (Å²) in [4.78, 5) is 13.9. The standard InChI is InChI=1S/C14H22N2O2/c1-4-13(15)14(18)16(5-2)10(3)11-7-6-8-12(17)9-11/h6-10,13,17H,4-5,15H2,1-3H3/t10?,13-/m0/s1. The topological polar surface area (TPSA) is 66.6 Å². The first kappa shape index (κ1) is 14.5. The summed E-state index contributed by atoms with van der Waals surface area (Å²) in [5.41, 5.74) is 6.71. The maximum Gasteiger partial charge on any atom is 0.239 e. The van der Waals surface area contributed by atoms with E-state index in [-0.39, 0.29) is 17.7 Å². The number of amides is 1. The number of benzene rings is 1. The second-order valence-corrected chi connectivity index (χ2v) is 4.41. The Morgan fingerprint density at radius 1 is 1.44 bits per heavy atom. The maximum atomic E-state index is 12.1. The molecule has 0 aromatic heterocycles. The number of nitrogens with zero attached hydrogens (tertiary/aromatic N) is 1. The first-order chi connectivity index (χ1) is 8.51. The molecule has 18 heavy (non-hydrogen) atoms. The van der Waals surface area contributed by atoms with Gasteiger partial charge in [-0.25, -0.2) is 0 Å². The van der Waals surface area contributed by atoms with Crippen molar-refractivity contribution >= 4 is 5.91 Å². The summed E-state index contributed by atoms with van der Waals surface area (Å²) in [6.07, 6.45) is 0.627. The van der Waals surface area contributed by atoms with Gasteiger partial charge in [-0.1, -0.05) is 19.1 Å². The van der Waals surface area contributed by atoms with Crippen LogP contribution in [-0.4, -0.2) is 28.5 Å². The average molecular weight is 250 g/mol. The largest absolute Gasteiger partial charge is 0.508 e. The van der Waals surface area contributed by atoms with E-state index < -0.39 is 6.04 Å². The van der Waals surface area contributed by atoms with E-state index in [1.807, 2.05) is 26.8 Å². The zero-order valence-corrected chi connectivity index (χ0v) is 11.3. The van der Waals surface area contributed by atoms with E-state index in [2.05, 4.69) is 0 Å². The number of phenols is 1. The van der Waals surface area contributed by atoms with E-state index in [1.54, 1.807) is 23.1 Å². The van der Waals surface area contributed by atoms with Gasteiger partial charge in [-0.3, -0.25) is 4.79 Å². The third kappa shape index (κ3) is 3.23. The Bertz CT molecular complexity index is 407. The first-order valence-corrected chi connectivity index (χ1v) is 6.36. The predicted molar refractivity (Wildman–Crippen MR) is 72.2 cm³/mol. The monoisotopic (exact) mass is 250 g/mol. The Balaban J connectivity index is 2.92. The maximum absolute atomic E-state index is 12.1. The molecule has 0 spiro atoms. The van der Waals surface area contributed by atoms with Crippen LogP contribution >= 0.6 is 0 Å². The van der Waals surface area contributed by atoms with E-state index in [4.69, 9.17) is 5.73 Å². The van der Waals surface area contributed by atoms with Crippen LogP contribution in [0.4, 0.5) is 0 Å². The number of carbonyl (C=O) groups is 1. The van der Waals surface area contributed by atoms with Gasteiger partial charge >= 0.3 is 0 Å². The summed E-state index contributed by atoms with van der Waals surface area (Å²) in [6.45, 7) is 6.37. The van der Waals surface area contributed by atoms with Crippen molar-refractivity contribution in [2.75, 3.05) is 6.54 Å². The number of aromatic hydroxyl groups is 1. The minimum absolute atomic E-state index is 0.0455. The van der Waals surface area contributed by atoms with Gasteiger partial charge in [-0.15, -0.1) is 0 Å². The van der Waals surface area contributed by atoms with Crippen LogP contribution in [-0.2, 0) is 4.79 Å². The van der Waals surface area contributed by atoms with Crippen LogP contribution in [0.5, 0.6) is 5.75 Å². The molecule has 4 nitrogen and oxygen atoms in total. The molecular weight excluding hydrogens is 228 g/mol. The molecule has 1 aromatic rings. The molecule has 0 aliphatic rings. The van der Waals surface area contributed by atoms with Crippen LogP contribution < -0.4 is 5.73 Å². The Kier molecular flexibility index (Phi) is 5.16. The molecule has 0 fully saturated rings. The van der Waals surface area contributed by atoms with E-state index in [0.29, 0.717) is 13.0 Å². The summed E-state index contributed by atoms with van der Waals surface area (Å²) in [5.74, 6) is 0.165. The van der Waals surface area contributed by atoms with Crippen LogP contribution in [0.15, 0.2) is 24.3 Å². The van der Waals surface area contributed by atoms with Crippen molar-refractivity contribution in [2.45, 2.75) is 39.3 Å². The van der Waals surface area contributed by atoms with Crippen LogP contribution in [0.25, 0.3) is 0 Å². The third-order valence-corrected chi connectivity index (χ3v) is 3.20. The second-order valence-electron chi connectivity index (χ2n) is 4.41. The number of phenolic OH excluding ortho intramolecular Hbond substituents is 1. The highest BCUT2D eigenvalue weighted by Gasteiger charge is 2.23. The molecule has 0 radical (unpaired) electrons. The lowest BCUT2D eigenvalue weighted by atomic mass is 10.1. The van der Waals surface area contributed by atoms with Gasteiger partial charge in [0.15, 0.2) is 0 Å². The summed E-state index contributed by atoms with van der Waals surface area (Å²) >= 11 is 0. The first-order valence-electron chi connectivity index (χ1n) is 6.36. The van der Waals surface area contributed by atoms with Crippen molar-refractivity contribution in [3.63, 3.8) is 0 Å². The van der Waals surface area contributed by atoms with Crippen molar-refractivity contribution in [2.24, 2.45) is 5.73 Å². The summed E-state index contributed by atoms with van der Waals surface area (Å²) in [7, 11) is 0. The highest BCUT2D eigenvalue weighted by atomic mass is 16.3. The quantitative estimate of drug-likeness (QED) is 0.840. The molecule has 0 heterocycles. The number of likely N-dealkylation sites (N-methyl/N-ethyl adjacent to an activating group) is 1. The molecule has 1 unspecified atom stereocenters. The lowest BCUT2D eigenvalue weighted by Crippen LogP contribution is -2.44. The number of hydrogen-bond donors (Lipinski definition) is 2. The molecule has 2 atom stereocenters. The fraction of sp³-hybridized carbons (Fsp3) is 0.500. The van der Waals surface area contributed by atoms with Gasteiger partial charge in [0.1, 0.15) is 5.75 Å². The highest BCUT2D eigenvalue weighted by Crippen LogP contribution is 2.23. The van der Waals surface area contributed by atoms with Gasteiger partial charge in [0.25, 0.3) is 0 Å². The SMILES string of the molecule is CC[C@H](N)C(=O)N(CC)C(C)c1cccc(O)c1. The average Bonchev–Trinajstić information content (AvgIpc) is 2.38. The normalized spacial score (nSPS) is 14.0. The number of rotatable bonds is 5. The van der Waals surface area contributed by atoms with Gasteiger partial charge in [0, 0.05) is 6.54 Å². The molecule has 4 heteroatoms. The molecular formula is C14H22N2O2. The summed E-state index contributed by atoms with van der Waals surface area (Å²) < 4.78 is 0. The van der Waals surface area contributed by atoms with E-state index in [9.17, 15) is 9.90 Å².